The van der Waals surface area contributed by atoms with Gasteiger partial charge in [-0.15, -0.1) is 11.3 Å². The van der Waals surface area contributed by atoms with E-state index in [2.05, 4.69) is 25.8 Å². The van der Waals surface area contributed by atoms with Crippen molar-refractivity contribution >= 4 is 31.6 Å². The lowest BCUT2D eigenvalue weighted by Gasteiger charge is -2.36. The molecule has 1 aliphatic heterocycles. The molecule has 3 rings (SSSR count). The van der Waals surface area contributed by atoms with Crippen LogP contribution in [0.1, 0.15) is 45.5 Å². The Morgan fingerprint density at radius 2 is 2.08 bits per heavy atom. The van der Waals surface area contributed by atoms with Gasteiger partial charge in [0.1, 0.15) is 0 Å². The number of nitrogens with zero attached hydrogens (tertiary/aromatic N) is 2. The normalized spacial score (nSPS) is 23.2. The van der Waals surface area contributed by atoms with Crippen molar-refractivity contribution in [2.75, 3.05) is 13.2 Å². The minimum atomic E-state index is -3.53. The molecule has 1 aromatic heterocycles. The van der Waals surface area contributed by atoms with E-state index < -0.39 is 10.0 Å². The quantitative estimate of drug-likeness (QED) is 0.883. The standard InChI is InChI=1S/C18H26N2O3S2/c1-12-9-13(11-21)7-8-20(12)25(22,23)14-5-6-15-16(10-14)24-17(19-15)18(2,3)4/h5-6,10,12-13,21H,7-9,11H2,1-4H3/t12-,13-/m0/s1. The van der Waals surface area contributed by atoms with E-state index in [4.69, 9.17) is 0 Å². The van der Waals surface area contributed by atoms with Crippen LogP contribution in [0, 0.1) is 5.92 Å². The van der Waals surface area contributed by atoms with Crippen molar-refractivity contribution in [1.29, 1.82) is 0 Å². The number of rotatable bonds is 3. The third-order valence-corrected chi connectivity index (χ3v) is 8.24. The van der Waals surface area contributed by atoms with E-state index in [0.29, 0.717) is 24.3 Å². The van der Waals surface area contributed by atoms with E-state index in [0.717, 1.165) is 15.2 Å². The molecule has 0 saturated carbocycles. The van der Waals surface area contributed by atoms with Gasteiger partial charge >= 0.3 is 0 Å². The number of piperidine rings is 1. The SMILES string of the molecule is C[C@H]1C[C@@H](CO)CCN1S(=O)(=O)c1ccc2nc(C(C)(C)C)sc2c1. The minimum Gasteiger partial charge on any atom is -0.396 e. The van der Waals surface area contributed by atoms with Gasteiger partial charge in [-0.25, -0.2) is 13.4 Å². The molecular weight excluding hydrogens is 356 g/mol. The molecule has 1 aromatic carbocycles. The molecule has 2 aromatic rings. The van der Waals surface area contributed by atoms with Crippen LogP contribution in [-0.4, -0.2) is 42.0 Å². The molecule has 0 amide bonds. The molecule has 1 N–H and O–H groups in total. The Bertz CT molecular complexity index is 868. The number of aliphatic hydroxyl groups is 1. The summed E-state index contributed by atoms with van der Waals surface area (Å²) < 4.78 is 28.7. The van der Waals surface area contributed by atoms with Crippen LogP contribution in [-0.2, 0) is 15.4 Å². The summed E-state index contributed by atoms with van der Waals surface area (Å²) in [5.74, 6) is 0.194. The zero-order chi connectivity index (χ0) is 18.4. The molecule has 1 aliphatic rings. The molecule has 1 saturated heterocycles. The average Bonchev–Trinajstić information content (AvgIpc) is 2.97. The Balaban J connectivity index is 1.95. The van der Waals surface area contributed by atoms with Gasteiger partial charge in [-0.3, -0.25) is 0 Å². The lowest BCUT2D eigenvalue weighted by atomic mass is 9.94. The number of thiazole rings is 1. The number of aromatic nitrogens is 1. The zero-order valence-electron chi connectivity index (χ0n) is 15.2. The van der Waals surface area contributed by atoms with Crippen LogP contribution in [0.25, 0.3) is 10.2 Å². The van der Waals surface area contributed by atoms with Crippen LogP contribution in [0.2, 0.25) is 0 Å². The number of benzene rings is 1. The summed E-state index contributed by atoms with van der Waals surface area (Å²) in [6.07, 6.45) is 1.41. The summed E-state index contributed by atoms with van der Waals surface area (Å²) in [6.45, 7) is 8.83. The Hall–Kier alpha value is -1.02. The number of sulfonamides is 1. The van der Waals surface area contributed by atoms with Crippen molar-refractivity contribution in [1.82, 2.24) is 9.29 Å². The van der Waals surface area contributed by atoms with E-state index in [1.807, 2.05) is 6.92 Å². The van der Waals surface area contributed by atoms with Gasteiger partial charge in [0.2, 0.25) is 10.0 Å². The molecule has 25 heavy (non-hydrogen) atoms. The zero-order valence-corrected chi connectivity index (χ0v) is 16.8. The Morgan fingerprint density at radius 1 is 1.36 bits per heavy atom. The van der Waals surface area contributed by atoms with Gasteiger partial charge in [-0.05, 0) is 43.9 Å². The summed E-state index contributed by atoms with van der Waals surface area (Å²) in [5, 5.41) is 10.3. The molecule has 0 aliphatic carbocycles. The van der Waals surface area contributed by atoms with Crippen molar-refractivity contribution < 1.29 is 13.5 Å². The smallest absolute Gasteiger partial charge is 0.243 e. The van der Waals surface area contributed by atoms with Crippen LogP contribution < -0.4 is 0 Å². The van der Waals surface area contributed by atoms with E-state index in [1.165, 1.54) is 0 Å². The highest BCUT2D eigenvalue weighted by atomic mass is 32.2. The predicted molar refractivity (Wildman–Crippen MR) is 101 cm³/mol. The number of fused-ring (bicyclic) bond motifs is 1. The summed E-state index contributed by atoms with van der Waals surface area (Å²) in [5.41, 5.74) is 0.796. The molecule has 5 nitrogen and oxygen atoms in total. The number of hydrogen-bond donors (Lipinski definition) is 1. The lowest BCUT2D eigenvalue weighted by molar-refractivity contribution is 0.140. The average molecular weight is 383 g/mol. The maximum atomic E-state index is 13.1. The summed E-state index contributed by atoms with van der Waals surface area (Å²) in [6, 6.07) is 5.12. The van der Waals surface area contributed by atoms with Crippen molar-refractivity contribution in [2.24, 2.45) is 5.92 Å². The first-order valence-electron chi connectivity index (χ1n) is 8.66. The maximum absolute atomic E-state index is 13.1. The lowest BCUT2D eigenvalue weighted by Crippen LogP contribution is -2.45. The van der Waals surface area contributed by atoms with Crippen LogP contribution >= 0.6 is 11.3 Å². The molecule has 138 valence electrons. The van der Waals surface area contributed by atoms with Crippen LogP contribution in [0.15, 0.2) is 23.1 Å². The summed E-state index contributed by atoms with van der Waals surface area (Å²) >= 11 is 1.56. The highest BCUT2D eigenvalue weighted by molar-refractivity contribution is 7.89. The topological polar surface area (TPSA) is 70.5 Å². The fourth-order valence-corrected chi connectivity index (χ4v) is 6.11. The monoisotopic (exact) mass is 382 g/mol. The first-order valence-corrected chi connectivity index (χ1v) is 10.9. The molecule has 2 atom stereocenters. The fourth-order valence-electron chi connectivity index (χ4n) is 3.29. The molecule has 0 radical (unpaired) electrons. The first kappa shape index (κ1) is 18.8. The second-order valence-electron chi connectivity index (χ2n) is 7.94. The molecular formula is C18H26N2O3S2. The van der Waals surface area contributed by atoms with Gasteiger partial charge in [0.15, 0.2) is 0 Å². The van der Waals surface area contributed by atoms with Crippen molar-refractivity contribution in [3.8, 4) is 0 Å². The number of hydrogen-bond acceptors (Lipinski definition) is 5. The van der Waals surface area contributed by atoms with Gasteiger partial charge in [0.25, 0.3) is 0 Å². The van der Waals surface area contributed by atoms with Gasteiger partial charge in [-0.1, -0.05) is 20.8 Å². The van der Waals surface area contributed by atoms with E-state index >= 15 is 0 Å². The Kier molecular flexibility index (Phi) is 4.96. The predicted octanol–water partition coefficient (Wildman–Crippen LogP) is 3.38. The van der Waals surface area contributed by atoms with E-state index in [1.54, 1.807) is 33.8 Å². The summed E-state index contributed by atoms with van der Waals surface area (Å²) in [4.78, 5) is 4.97. The molecule has 0 spiro atoms. The maximum Gasteiger partial charge on any atom is 0.243 e. The van der Waals surface area contributed by atoms with Crippen LogP contribution in [0.3, 0.4) is 0 Å². The highest BCUT2D eigenvalue weighted by Gasteiger charge is 2.34. The van der Waals surface area contributed by atoms with Gasteiger partial charge in [-0.2, -0.15) is 4.31 Å². The van der Waals surface area contributed by atoms with Crippen molar-refractivity contribution in [3.63, 3.8) is 0 Å². The minimum absolute atomic E-state index is 0.0522. The Labute approximate surface area is 153 Å². The van der Waals surface area contributed by atoms with E-state index in [-0.39, 0.29) is 24.0 Å². The molecule has 7 heteroatoms. The van der Waals surface area contributed by atoms with Crippen molar-refractivity contribution in [2.45, 2.75) is 56.9 Å². The highest BCUT2D eigenvalue weighted by Crippen LogP contribution is 2.34. The molecule has 1 fully saturated rings. The largest absolute Gasteiger partial charge is 0.396 e. The second kappa shape index (κ2) is 6.61. The third-order valence-electron chi connectivity index (χ3n) is 4.79. The number of aliphatic hydroxyl groups excluding tert-OH is 1. The molecule has 0 bridgehead atoms. The van der Waals surface area contributed by atoms with Gasteiger partial charge in [0.05, 0.1) is 20.1 Å². The van der Waals surface area contributed by atoms with Gasteiger partial charge < -0.3 is 5.11 Å². The molecule has 2 heterocycles. The van der Waals surface area contributed by atoms with E-state index in [9.17, 15) is 13.5 Å². The van der Waals surface area contributed by atoms with Crippen LogP contribution in [0.5, 0.6) is 0 Å². The fraction of sp³-hybridized carbons (Fsp3) is 0.611. The van der Waals surface area contributed by atoms with Crippen molar-refractivity contribution in [3.05, 3.63) is 23.2 Å². The third kappa shape index (κ3) is 3.60. The second-order valence-corrected chi connectivity index (χ2v) is 10.9. The molecule has 0 unspecified atom stereocenters. The van der Waals surface area contributed by atoms with Crippen LogP contribution in [0.4, 0.5) is 0 Å². The summed E-state index contributed by atoms with van der Waals surface area (Å²) in [7, 11) is -3.53. The van der Waals surface area contributed by atoms with Gasteiger partial charge in [0, 0.05) is 24.6 Å². The Morgan fingerprint density at radius 3 is 2.68 bits per heavy atom. The first-order chi connectivity index (χ1) is 11.6.